The fraction of sp³-hybridized carbons (Fsp3) is 0.714. The first kappa shape index (κ1) is 15.5. The molecule has 0 aliphatic carbocycles. The van der Waals surface area contributed by atoms with Gasteiger partial charge in [-0.3, -0.25) is 9.59 Å². The van der Waals surface area contributed by atoms with Crippen molar-refractivity contribution >= 4 is 11.8 Å². The molecule has 21 heavy (non-hydrogen) atoms. The van der Waals surface area contributed by atoms with Gasteiger partial charge in [0.25, 0.3) is 0 Å². The Morgan fingerprint density at radius 3 is 2.57 bits per heavy atom. The fourth-order valence-electron chi connectivity index (χ4n) is 2.67. The average molecular weight is 293 g/mol. The first-order valence-corrected chi connectivity index (χ1v) is 7.48. The molecule has 2 heterocycles. The van der Waals surface area contributed by atoms with Crippen LogP contribution in [-0.4, -0.2) is 43.6 Å². The summed E-state index contributed by atoms with van der Waals surface area (Å²) in [5, 5.41) is 6.97. The molecule has 0 saturated carbocycles. The van der Waals surface area contributed by atoms with Crippen molar-refractivity contribution in [2.75, 3.05) is 0 Å². The molecular weight excluding hydrogens is 270 g/mol. The van der Waals surface area contributed by atoms with Crippen LogP contribution in [0.5, 0.6) is 0 Å². The van der Waals surface area contributed by atoms with Crippen LogP contribution in [0, 0.1) is 0 Å². The van der Waals surface area contributed by atoms with E-state index in [1.807, 2.05) is 27.7 Å². The summed E-state index contributed by atoms with van der Waals surface area (Å²) in [5.41, 5.74) is 0. The first-order chi connectivity index (χ1) is 9.99. The van der Waals surface area contributed by atoms with Crippen molar-refractivity contribution in [1.29, 1.82) is 0 Å². The van der Waals surface area contributed by atoms with Crippen LogP contribution in [0.25, 0.3) is 0 Å². The predicted octanol–water partition coefficient (Wildman–Crippen LogP) is 0.875. The van der Waals surface area contributed by atoms with E-state index in [1.54, 1.807) is 9.58 Å². The number of amides is 2. The van der Waals surface area contributed by atoms with Gasteiger partial charge in [0.1, 0.15) is 24.2 Å². The van der Waals surface area contributed by atoms with Gasteiger partial charge in [0.15, 0.2) is 0 Å². The van der Waals surface area contributed by atoms with Gasteiger partial charge in [0, 0.05) is 6.04 Å². The number of hydrogen-bond donors (Lipinski definition) is 1. The molecule has 1 N–H and O–H groups in total. The molecule has 1 aromatic rings. The van der Waals surface area contributed by atoms with E-state index in [0.29, 0.717) is 25.2 Å². The molecule has 0 aromatic carbocycles. The molecule has 0 bridgehead atoms. The van der Waals surface area contributed by atoms with Crippen LogP contribution in [-0.2, 0) is 16.1 Å². The first-order valence-electron chi connectivity index (χ1n) is 7.48. The fourth-order valence-corrected chi connectivity index (χ4v) is 2.67. The summed E-state index contributed by atoms with van der Waals surface area (Å²) in [4.78, 5) is 30.6. The maximum atomic E-state index is 12.5. The van der Waals surface area contributed by atoms with Gasteiger partial charge in [-0.05, 0) is 26.7 Å². The van der Waals surface area contributed by atoms with E-state index in [4.69, 9.17) is 0 Å². The van der Waals surface area contributed by atoms with E-state index in [2.05, 4.69) is 15.4 Å². The second-order valence-corrected chi connectivity index (χ2v) is 5.57. The molecule has 2 atom stereocenters. The van der Waals surface area contributed by atoms with E-state index in [0.717, 1.165) is 0 Å². The molecule has 1 aliphatic heterocycles. The van der Waals surface area contributed by atoms with Crippen molar-refractivity contribution in [2.24, 2.45) is 0 Å². The lowest BCUT2D eigenvalue weighted by Crippen LogP contribution is -2.62. The number of hydrogen-bond acceptors (Lipinski definition) is 4. The monoisotopic (exact) mass is 293 g/mol. The molecule has 1 aliphatic rings. The smallest absolute Gasteiger partial charge is 0.246 e. The van der Waals surface area contributed by atoms with E-state index < -0.39 is 12.1 Å². The predicted molar refractivity (Wildman–Crippen MR) is 77.3 cm³/mol. The molecule has 2 rings (SSSR count). The number of piperazine rings is 1. The van der Waals surface area contributed by atoms with Gasteiger partial charge >= 0.3 is 0 Å². The second kappa shape index (κ2) is 6.24. The summed E-state index contributed by atoms with van der Waals surface area (Å²) in [6, 6.07) is -0.702. The van der Waals surface area contributed by atoms with Crippen molar-refractivity contribution < 1.29 is 9.59 Å². The lowest BCUT2D eigenvalue weighted by atomic mass is 10.0. The third kappa shape index (κ3) is 2.91. The van der Waals surface area contributed by atoms with Crippen LogP contribution in [0.4, 0.5) is 0 Å². The van der Waals surface area contributed by atoms with E-state index in [-0.39, 0.29) is 17.9 Å². The summed E-state index contributed by atoms with van der Waals surface area (Å²) >= 11 is 0. The molecule has 1 fully saturated rings. The zero-order chi connectivity index (χ0) is 15.6. The Morgan fingerprint density at radius 1 is 1.29 bits per heavy atom. The second-order valence-electron chi connectivity index (χ2n) is 5.57. The lowest BCUT2D eigenvalue weighted by molar-refractivity contribution is -0.150. The highest BCUT2D eigenvalue weighted by Gasteiger charge is 2.39. The van der Waals surface area contributed by atoms with Crippen molar-refractivity contribution in [3.05, 3.63) is 12.2 Å². The standard InChI is InChI=1S/C14H23N5O2/c1-5-10-14(21)18(11(6-2)13(20)17-10)7-12-15-8-16-19(12)9(3)4/h8-11H,5-7H2,1-4H3,(H,17,20). The van der Waals surface area contributed by atoms with Crippen LogP contribution in [0.2, 0.25) is 0 Å². The molecule has 1 saturated heterocycles. The van der Waals surface area contributed by atoms with Crippen molar-refractivity contribution in [3.63, 3.8) is 0 Å². The molecule has 0 spiro atoms. The van der Waals surface area contributed by atoms with Gasteiger partial charge in [-0.2, -0.15) is 5.10 Å². The van der Waals surface area contributed by atoms with E-state index in [9.17, 15) is 9.59 Å². The van der Waals surface area contributed by atoms with Crippen LogP contribution in [0.3, 0.4) is 0 Å². The zero-order valence-electron chi connectivity index (χ0n) is 13.0. The van der Waals surface area contributed by atoms with Crippen LogP contribution in [0.1, 0.15) is 52.4 Å². The highest BCUT2D eigenvalue weighted by Crippen LogP contribution is 2.18. The summed E-state index contributed by atoms with van der Waals surface area (Å²) in [7, 11) is 0. The Hall–Kier alpha value is -1.92. The number of carbonyl (C=O) groups is 2. The Morgan fingerprint density at radius 2 is 2.00 bits per heavy atom. The van der Waals surface area contributed by atoms with E-state index in [1.165, 1.54) is 6.33 Å². The molecule has 7 heteroatoms. The van der Waals surface area contributed by atoms with Gasteiger partial charge in [-0.15, -0.1) is 0 Å². The van der Waals surface area contributed by atoms with Gasteiger partial charge in [-0.1, -0.05) is 13.8 Å². The quantitative estimate of drug-likeness (QED) is 0.873. The molecule has 1 aromatic heterocycles. The lowest BCUT2D eigenvalue weighted by Gasteiger charge is -2.38. The minimum Gasteiger partial charge on any atom is -0.343 e. The number of rotatable bonds is 5. The number of carbonyl (C=O) groups excluding carboxylic acids is 2. The molecule has 7 nitrogen and oxygen atoms in total. The number of nitrogens with zero attached hydrogens (tertiary/aromatic N) is 4. The van der Waals surface area contributed by atoms with Gasteiger partial charge in [0.05, 0.1) is 6.54 Å². The van der Waals surface area contributed by atoms with Gasteiger partial charge < -0.3 is 10.2 Å². The third-order valence-corrected chi connectivity index (χ3v) is 3.82. The number of aromatic nitrogens is 3. The molecule has 2 unspecified atom stereocenters. The highest BCUT2D eigenvalue weighted by molar-refractivity contribution is 5.96. The Bertz CT molecular complexity index is 525. The van der Waals surface area contributed by atoms with Crippen LogP contribution >= 0.6 is 0 Å². The summed E-state index contributed by atoms with van der Waals surface area (Å²) in [5.74, 6) is 0.586. The maximum absolute atomic E-state index is 12.5. The number of nitrogens with one attached hydrogen (secondary N) is 1. The average Bonchev–Trinajstić information content (AvgIpc) is 2.91. The zero-order valence-corrected chi connectivity index (χ0v) is 13.0. The Balaban J connectivity index is 2.27. The molecular formula is C14H23N5O2. The van der Waals surface area contributed by atoms with E-state index >= 15 is 0 Å². The minimum atomic E-state index is -0.435. The Kier molecular flexibility index (Phi) is 4.59. The molecule has 0 radical (unpaired) electrons. The van der Waals surface area contributed by atoms with Crippen molar-refractivity contribution in [3.8, 4) is 0 Å². The topological polar surface area (TPSA) is 80.1 Å². The van der Waals surface area contributed by atoms with Crippen LogP contribution in [0.15, 0.2) is 6.33 Å². The highest BCUT2D eigenvalue weighted by atomic mass is 16.2. The maximum Gasteiger partial charge on any atom is 0.246 e. The van der Waals surface area contributed by atoms with Crippen molar-refractivity contribution in [2.45, 2.75) is 65.2 Å². The van der Waals surface area contributed by atoms with Crippen LogP contribution < -0.4 is 5.32 Å². The minimum absolute atomic E-state index is 0.0396. The van der Waals surface area contributed by atoms with Crippen molar-refractivity contribution in [1.82, 2.24) is 25.0 Å². The van der Waals surface area contributed by atoms with Gasteiger partial charge in [-0.25, -0.2) is 9.67 Å². The normalized spacial score (nSPS) is 22.8. The summed E-state index contributed by atoms with van der Waals surface area (Å²) in [6.07, 6.45) is 2.67. The summed E-state index contributed by atoms with van der Waals surface area (Å²) < 4.78 is 1.79. The largest absolute Gasteiger partial charge is 0.343 e. The van der Waals surface area contributed by atoms with Gasteiger partial charge in [0.2, 0.25) is 11.8 Å². The molecule has 2 amide bonds. The summed E-state index contributed by atoms with van der Waals surface area (Å²) in [6.45, 7) is 8.14. The molecule has 116 valence electrons. The SMILES string of the molecule is CCC1NC(=O)C(CC)N(Cc2ncnn2C(C)C)C1=O. The Labute approximate surface area is 124 Å². The third-order valence-electron chi connectivity index (χ3n) is 3.82.